The van der Waals surface area contributed by atoms with E-state index >= 15 is 0 Å². The van der Waals surface area contributed by atoms with Crippen molar-refractivity contribution in [3.8, 4) is 0 Å². The number of ketones is 1. The highest BCUT2D eigenvalue weighted by molar-refractivity contribution is 5.99. The van der Waals surface area contributed by atoms with E-state index in [9.17, 15) is 4.79 Å². The highest BCUT2D eigenvalue weighted by atomic mass is 16.5. The molecule has 0 radical (unpaired) electrons. The van der Waals surface area contributed by atoms with Gasteiger partial charge in [-0.15, -0.1) is 0 Å². The molecule has 2 aliphatic heterocycles. The molecule has 4 atom stereocenters. The smallest absolute Gasteiger partial charge is 0.187 e. The number of carbonyl (C=O) groups is 1. The Bertz CT molecular complexity index is 294. The van der Waals surface area contributed by atoms with Crippen molar-refractivity contribution >= 4 is 5.78 Å². The lowest BCUT2D eigenvalue weighted by Gasteiger charge is -2.28. The molecule has 2 heteroatoms. The Morgan fingerprint density at radius 2 is 2.46 bits per heavy atom. The first-order chi connectivity index (χ1) is 6.24. The maximum absolute atomic E-state index is 11.8. The van der Waals surface area contributed by atoms with E-state index in [1.165, 1.54) is 6.42 Å². The highest BCUT2D eigenvalue weighted by Gasteiger charge is 2.59. The van der Waals surface area contributed by atoms with Crippen LogP contribution in [-0.4, -0.2) is 17.5 Å². The molecule has 1 saturated carbocycles. The van der Waals surface area contributed by atoms with Crippen molar-refractivity contribution in [2.45, 2.75) is 37.9 Å². The van der Waals surface area contributed by atoms with Gasteiger partial charge >= 0.3 is 0 Å². The molecule has 2 nitrogen and oxygen atoms in total. The van der Waals surface area contributed by atoms with Gasteiger partial charge in [-0.05, 0) is 31.3 Å². The molecule has 1 spiro atoms. The zero-order valence-electron chi connectivity index (χ0n) is 7.82. The number of hydrogen-bond acceptors (Lipinski definition) is 2. The molecule has 2 bridgehead atoms. The van der Waals surface area contributed by atoms with Gasteiger partial charge in [0.2, 0.25) is 0 Å². The summed E-state index contributed by atoms with van der Waals surface area (Å²) in [5.41, 5.74) is -0.390. The standard InChI is InChI=1S/C11H14O2/c1-7-8-3-2-6-11(8)10(12)5-4-9(7)13-11/h4-5,7-9H,2-3,6H2,1H3/t7-,8-,9-,11-/m0/s1. The van der Waals surface area contributed by atoms with Crippen molar-refractivity contribution in [1.82, 2.24) is 0 Å². The van der Waals surface area contributed by atoms with E-state index in [0.29, 0.717) is 11.8 Å². The second-order valence-corrected chi connectivity index (χ2v) is 4.55. The summed E-state index contributed by atoms with van der Waals surface area (Å²) in [4.78, 5) is 11.8. The number of ether oxygens (including phenoxy) is 1. The van der Waals surface area contributed by atoms with Crippen LogP contribution in [0.15, 0.2) is 12.2 Å². The maximum atomic E-state index is 11.8. The van der Waals surface area contributed by atoms with Crippen LogP contribution in [0.2, 0.25) is 0 Å². The maximum Gasteiger partial charge on any atom is 0.187 e. The molecule has 70 valence electrons. The monoisotopic (exact) mass is 178 g/mol. The van der Waals surface area contributed by atoms with E-state index in [1.54, 1.807) is 6.08 Å². The molecule has 0 aromatic carbocycles. The van der Waals surface area contributed by atoms with Gasteiger partial charge in [0, 0.05) is 5.92 Å². The largest absolute Gasteiger partial charge is 0.359 e. The van der Waals surface area contributed by atoms with E-state index in [1.807, 2.05) is 6.08 Å². The van der Waals surface area contributed by atoms with Crippen LogP contribution >= 0.6 is 0 Å². The van der Waals surface area contributed by atoms with Crippen LogP contribution in [0.4, 0.5) is 0 Å². The normalized spacial score (nSPS) is 52.7. The molecule has 0 amide bonds. The number of carbonyl (C=O) groups excluding carboxylic acids is 1. The van der Waals surface area contributed by atoms with E-state index < -0.39 is 5.60 Å². The quantitative estimate of drug-likeness (QED) is 0.564. The summed E-state index contributed by atoms with van der Waals surface area (Å²) in [6, 6.07) is 0. The van der Waals surface area contributed by atoms with Crippen LogP contribution < -0.4 is 0 Å². The van der Waals surface area contributed by atoms with Crippen molar-refractivity contribution in [2.24, 2.45) is 11.8 Å². The predicted octanol–water partition coefficient (Wildman–Crippen LogP) is 1.70. The summed E-state index contributed by atoms with van der Waals surface area (Å²) in [6.45, 7) is 2.21. The van der Waals surface area contributed by atoms with Crippen LogP contribution in [0.5, 0.6) is 0 Å². The topological polar surface area (TPSA) is 26.3 Å². The third-order valence-corrected chi connectivity index (χ3v) is 4.02. The molecule has 1 aliphatic carbocycles. The molecule has 2 heterocycles. The molecular formula is C11H14O2. The molecule has 3 aliphatic rings. The van der Waals surface area contributed by atoms with Gasteiger partial charge in [-0.2, -0.15) is 0 Å². The van der Waals surface area contributed by atoms with Gasteiger partial charge in [0.1, 0.15) is 5.60 Å². The van der Waals surface area contributed by atoms with Crippen LogP contribution in [-0.2, 0) is 9.53 Å². The summed E-state index contributed by atoms with van der Waals surface area (Å²) in [5.74, 6) is 1.24. The lowest BCUT2D eigenvalue weighted by Crippen LogP contribution is -2.41. The summed E-state index contributed by atoms with van der Waals surface area (Å²) in [7, 11) is 0. The van der Waals surface area contributed by atoms with Gasteiger partial charge < -0.3 is 4.74 Å². The summed E-state index contributed by atoms with van der Waals surface area (Å²) in [6.07, 6.45) is 7.17. The number of rotatable bonds is 0. The lowest BCUT2D eigenvalue weighted by molar-refractivity contribution is -0.140. The minimum absolute atomic E-state index is 0.211. The molecular weight excluding hydrogens is 164 g/mol. The summed E-state index contributed by atoms with van der Waals surface area (Å²) >= 11 is 0. The summed E-state index contributed by atoms with van der Waals surface area (Å²) in [5, 5.41) is 0. The molecule has 2 fully saturated rings. The minimum Gasteiger partial charge on any atom is -0.359 e. The zero-order chi connectivity index (χ0) is 9.05. The minimum atomic E-state index is -0.390. The third kappa shape index (κ3) is 0.755. The third-order valence-electron chi connectivity index (χ3n) is 4.02. The molecule has 1 saturated heterocycles. The second-order valence-electron chi connectivity index (χ2n) is 4.55. The first kappa shape index (κ1) is 7.74. The fourth-order valence-corrected chi connectivity index (χ4v) is 3.32. The average molecular weight is 178 g/mol. The van der Waals surface area contributed by atoms with Gasteiger partial charge in [-0.3, -0.25) is 4.79 Å². The van der Waals surface area contributed by atoms with Crippen molar-refractivity contribution in [3.63, 3.8) is 0 Å². The Morgan fingerprint density at radius 3 is 3.31 bits per heavy atom. The van der Waals surface area contributed by atoms with Gasteiger partial charge in [0.25, 0.3) is 0 Å². The van der Waals surface area contributed by atoms with E-state index in [2.05, 4.69) is 6.92 Å². The molecule has 3 rings (SSSR count). The number of fused-ring (bicyclic) bond motifs is 1. The van der Waals surface area contributed by atoms with Crippen molar-refractivity contribution in [1.29, 1.82) is 0 Å². The second kappa shape index (κ2) is 2.24. The first-order valence-electron chi connectivity index (χ1n) is 5.14. The molecule has 0 aromatic rings. The van der Waals surface area contributed by atoms with E-state index in [-0.39, 0.29) is 11.9 Å². The van der Waals surface area contributed by atoms with Crippen molar-refractivity contribution in [2.75, 3.05) is 0 Å². The van der Waals surface area contributed by atoms with Gasteiger partial charge in [0.15, 0.2) is 5.78 Å². The Hall–Kier alpha value is -0.630. The predicted molar refractivity (Wildman–Crippen MR) is 48.3 cm³/mol. The SMILES string of the molecule is C[C@@H]1[C@@H]2C=CC(=O)[C@@]3(CCC[C@@H]13)O2. The van der Waals surface area contributed by atoms with E-state index in [0.717, 1.165) is 12.8 Å². The number of hydrogen-bond donors (Lipinski definition) is 0. The van der Waals surface area contributed by atoms with Gasteiger partial charge in [-0.25, -0.2) is 0 Å². The van der Waals surface area contributed by atoms with Crippen molar-refractivity contribution in [3.05, 3.63) is 12.2 Å². The lowest BCUT2D eigenvalue weighted by atomic mass is 9.82. The molecule has 13 heavy (non-hydrogen) atoms. The highest BCUT2D eigenvalue weighted by Crippen LogP contribution is 2.53. The molecule has 0 unspecified atom stereocenters. The van der Waals surface area contributed by atoms with Gasteiger partial charge in [0.05, 0.1) is 6.10 Å². The Labute approximate surface area is 78.0 Å². The fraction of sp³-hybridized carbons (Fsp3) is 0.727. The van der Waals surface area contributed by atoms with E-state index in [4.69, 9.17) is 4.74 Å². The summed E-state index contributed by atoms with van der Waals surface area (Å²) < 4.78 is 5.90. The molecule has 0 N–H and O–H groups in total. The Balaban J connectivity index is 2.11. The van der Waals surface area contributed by atoms with Crippen LogP contribution in [0.3, 0.4) is 0 Å². The Kier molecular flexibility index (Phi) is 1.33. The molecule has 0 aromatic heterocycles. The average Bonchev–Trinajstić information content (AvgIpc) is 2.60. The Morgan fingerprint density at radius 1 is 1.62 bits per heavy atom. The van der Waals surface area contributed by atoms with Crippen LogP contribution in [0.25, 0.3) is 0 Å². The van der Waals surface area contributed by atoms with Crippen molar-refractivity contribution < 1.29 is 9.53 Å². The van der Waals surface area contributed by atoms with Gasteiger partial charge in [-0.1, -0.05) is 13.0 Å². The first-order valence-corrected chi connectivity index (χ1v) is 5.14. The van der Waals surface area contributed by atoms with Crippen LogP contribution in [0, 0.1) is 11.8 Å². The zero-order valence-corrected chi connectivity index (χ0v) is 7.82. The fourth-order valence-electron chi connectivity index (χ4n) is 3.32. The van der Waals surface area contributed by atoms with Crippen LogP contribution in [0.1, 0.15) is 26.2 Å².